The lowest BCUT2D eigenvalue weighted by Crippen LogP contribution is -2.44. The summed E-state index contributed by atoms with van der Waals surface area (Å²) in [6, 6.07) is 7.71. The second-order valence-electron chi connectivity index (χ2n) is 4.49. The Bertz CT molecular complexity index is 410. The van der Waals surface area contributed by atoms with Crippen molar-refractivity contribution in [3.63, 3.8) is 0 Å². The highest BCUT2D eigenvalue weighted by Crippen LogP contribution is 2.23. The van der Waals surface area contributed by atoms with E-state index in [9.17, 15) is 4.79 Å². The van der Waals surface area contributed by atoms with Crippen molar-refractivity contribution in [1.82, 2.24) is 0 Å². The van der Waals surface area contributed by atoms with Gasteiger partial charge in [-0.1, -0.05) is 24.1 Å². The van der Waals surface area contributed by atoms with Crippen LogP contribution in [0.2, 0.25) is 5.02 Å². The second-order valence-corrected chi connectivity index (χ2v) is 6.09. The predicted molar refractivity (Wildman–Crippen MR) is 76.3 cm³/mol. The smallest absolute Gasteiger partial charge is 0.323 e. The summed E-state index contributed by atoms with van der Waals surface area (Å²) in [7, 11) is 0. The van der Waals surface area contributed by atoms with E-state index in [0.29, 0.717) is 6.42 Å². The number of aliphatic carboxylic acids is 1. The lowest BCUT2D eigenvalue weighted by Gasteiger charge is -2.18. The third-order valence-corrected chi connectivity index (χ3v) is 3.96. The average molecular weight is 288 g/mol. The normalized spacial score (nSPS) is 14.2. The zero-order chi connectivity index (χ0) is 13.6. The van der Waals surface area contributed by atoms with Crippen LogP contribution in [0.3, 0.4) is 0 Å². The highest BCUT2D eigenvalue weighted by Gasteiger charge is 2.26. The molecule has 100 valence electrons. The minimum absolute atomic E-state index is 0.498. The molecule has 0 saturated carbocycles. The van der Waals surface area contributed by atoms with Crippen LogP contribution in [0.15, 0.2) is 29.2 Å². The number of carbonyl (C=O) groups is 1. The van der Waals surface area contributed by atoms with Crippen LogP contribution in [0.1, 0.15) is 26.2 Å². The number of hydrogen-bond acceptors (Lipinski definition) is 3. The van der Waals surface area contributed by atoms with E-state index in [4.69, 9.17) is 22.4 Å². The molecule has 0 fully saturated rings. The van der Waals surface area contributed by atoms with Crippen LogP contribution in [0.5, 0.6) is 0 Å². The molecule has 1 atom stereocenters. The molecule has 1 aromatic rings. The molecule has 3 nitrogen and oxygen atoms in total. The maximum Gasteiger partial charge on any atom is 0.323 e. The minimum atomic E-state index is -1.11. The number of unbranched alkanes of at least 4 members (excludes halogenated alkanes) is 1. The Hall–Kier alpha value is -0.710. The maximum atomic E-state index is 10.8. The first-order valence-corrected chi connectivity index (χ1v) is 7.19. The molecule has 0 aliphatic rings. The highest BCUT2D eigenvalue weighted by molar-refractivity contribution is 7.99. The lowest BCUT2D eigenvalue weighted by molar-refractivity contribution is -0.142. The largest absolute Gasteiger partial charge is 0.480 e. The van der Waals surface area contributed by atoms with E-state index in [1.807, 2.05) is 24.3 Å². The first-order valence-electron chi connectivity index (χ1n) is 5.82. The first-order chi connectivity index (χ1) is 8.42. The van der Waals surface area contributed by atoms with E-state index >= 15 is 0 Å². The fourth-order valence-corrected chi connectivity index (χ4v) is 2.67. The van der Waals surface area contributed by atoms with Crippen LogP contribution in [0.4, 0.5) is 0 Å². The molecule has 0 amide bonds. The standard InChI is InChI=1S/C13H18ClNO2S/c1-13(15,12(16)17)7-2-3-8-18-11-6-4-5-10(14)9-11/h4-6,9H,2-3,7-8,15H2,1H3,(H,16,17). The molecular formula is C13H18ClNO2S. The summed E-state index contributed by atoms with van der Waals surface area (Å²) in [5, 5.41) is 9.60. The summed E-state index contributed by atoms with van der Waals surface area (Å²) >= 11 is 7.61. The predicted octanol–water partition coefficient (Wildman–Crippen LogP) is 3.40. The third-order valence-electron chi connectivity index (χ3n) is 2.64. The van der Waals surface area contributed by atoms with Crippen molar-refractivity contribution in [3.05, 3.63) is 29.3 Å². The van der Waals surface area contributed by atoms with Crippen LogP contribution >= 0.6 is 23.4 Å². The number of carboxylic acids is 1. The third kappa shape index (κ3) is 5.29. The number of benzene rings is 1. The molecule has 0 aliphatic carbocycles. The zero-order valence-electron chi connectivity index (χ0n) is 10.4. The lowest BCUT2D eigenvalue weighted by atomic mass is 9.97. The van der Waals surface area contributed by atoms with Crippen LogP contribution < -0.4 is 5.73 Å². The molecule has 0 aromatic heterocycles. The van der Waals surface area contributed by atoms with Crippen LogP contribution in [0, 0.1) is 0 Å². The molecule has 0 radical (unpaired) electrons. The summed E-state index contributed by atoms with van der Waals surface area (Å²) in [6.07, 6.45) is 2.25. The Balaban J connectivity index is 2.22. The molecule has 1 aromatic carbocycles. The SMILES string of the molecule is CC(N)(CCCCSc1cccc(Cl)c1)C(=O)O. The molecule has 1 rings (SSSR count). The minimum Gasteiger partial charge on any atom is -0.480 e. The van der Waals surface area contributed by atoms with Gasteiger partial charge in [-0.15, -0.1) is 11.8 Å². The maximum absolute atomic E-state index is 10.8. The first kappa shape index (κ1) is 15.3. The van der Waals surface area contributed by atoms with Gasteiger partial charge < -0.3 is 10.8 Å². The second kappa shape index (κ2) is 7.02. The number of thioether (sulfide) groups is 1. The Kier molecular flexibility index (Phi) is 5.99. The van der Waals surface area contributed by atoms with Gasteiger partial charge in [-0.3, -0.25) is 4.79 Å². The van der Waals surface area contributed by atoms with E-state index in [0.717, 1.165) is 28.5 Å². The Morgan fingerprint density at radius 2 is 2.22 bits per heavy atom. The zero-order valence-corrected chi connectivity index (χ0v) is 11.9. The molecule has 5 heteroatoms. The van der Waals surface area contributed by atoms with Crippen LogP contribution in [-0.4, -0.2) is 22.4 Å². The van der Waals surface area contributed by atoms with Crippen LogP contribution in [0.25, 0.3) is 0 Å². The average Bonchev–Trinajstić information content (AvgIpc) is 2.28. The Morgan fingerprint density at radius 1 is 1.50 bits per heavy atom. The number of halogens is 1. The van der Waals surface area contributed by atoms with Gasteiger partial charge in [0.25, 0.3) is 0 Å². The van der Waals surface area contributed by atoms with E-state index in [2.05, 4.69) is 0 Å². The van der Waals surface area contributed by atoms with Crippen molar-refractivity contribution in [3.8, 4) is 0 Å². The van der Waals surface area contributed by atoms with Crippen molar-refractivity contribution >= 4 is 29.3 Å². The summed E-state index contributed by atoms with van der Waals surface area (Å²) in [6.45, 7) is 1.56. The van der Waals surface area contributed by atoms with Gasteiger partial charge in [0.15, 0.2) is 0 Å². The number of hydrogen-bond donors (Lipinski definition) is 2. The molecule has 0 heterocycles. The van der Waals surface area contributed by atoms with Crippen molar-refractivity contribution in [2.75, 3.05) is 5.75 Å². The van der Waals surface area contributed by atoms with Gasteiger partial charge >= 0.3 is 5.97 Å². The summed E-state index contributed by atoms with van der Waals surface area (Å²) in [5.41, 5.74) is 4.54. The molecule has 0 bridgehead atoms. The van der Waals surface area contributed by atoms with Crippen molar-refractivity contribution in [2.45, 2.75) is 36.6 Å². The number of nitrogens with two attached hydrogens (primary N) is 1. The van der Waals surface area contributed by atoms with Crippen molar-refractivity contribution in [1.29, 1.82) is 0 Å². The molecular weight excluding hydrogens is 270 g/mol. The van der Waals surface area contributed by atoms with Gasteiger partial charge in [0.2, 0.25) is 0 Å². The molecule has 0 spiro atoms. The summed E-state index contributed by atoms with van der Waals surface area (Å²) in [4.78, 5) is 11.9. The quantitative estimate of drug-likeness (QED) is 0.596. The molecule has 0 saturated heterocycles. The fraction of sp³-hybridized carbons (Fsp3) is 0.462. The van der Waals surface area contributed by atoms with E-state index in [1.54, 1.807) is 18.7 Å². The topological polar surface area (TPSA) is 63.3 Å². The van der Waals surface area contributed by atoms with Gasteiger partial charge in [0.1, 0.15) is 5.54 Å². The van der Waals surface area contributed by atoms with Gasteiger partial charge in [-0.2, -0.15) is 0 Å². The van der Waals surface area contributed by atoms with Crippen LogP contribution in [-0.2, 0) is 4.79 Å². The van der Waals surface area contributed by atoms with Crippen molar-refractivity contribution < 1.29 is 9.90 Å². The van der Waals surface area contributed by atoms with E-state index in [-0.39, 0.29) is 0 Å². The van der Waals surface area contributed by atoms with Gasteiger partial charge in [-0.05, 0) is 43.7 Å². The molecule has 18 heavy (non-hydrogen) atoms. The van der Waals surface area contributed by atoms with Crippen molar-refractivity contribution in [2.24, 2.45) is 5.73 Å². The number of rotatable bonds is 7. The van der Waals surface area contributed by atoms with E-state index < -0.39 is 11.5 Å². The Labute approximate surface area is 117 Å². The summed E-state index contributed by atoms with van der Waals surface area (Å²) < 4.78 is 0. The molecule has 1 unspecified atom stereocenters. The summed E-state index contributed by atoms with van der Waals surface area (Å²) in [5.74, 6) is 0.000697. The van der Waals surface area contributed by atoms with Gasteiger partial charge in [-0.25, -0.2) is 0 Å². The van der Waals surface area contributed by atoms with Gasteiger partial charge in [0, 0.05) is 9.92 Å². The molecule has 0 aliphatic heterocycles. The monoisotopic (exact) mass is 287 g/mol. The van der Waals surface area contributed by atoms with E-state index in [1.165, 1.54) is 0 Å². The fourth-order valence-electron chi connectivity index (χ4n) is 1.45. The highest BCUT2D eigenvalue weighted by atomic mass is 35.5. The molecule has 3 N–H and O–H groups in total. The Morgan fingerprint density at radius 3 is 2.83 bits per heavy atom. The van der Waals surface area contributed by atoms with Gasteiger partial charge in [0.05, 0.1) is 0 Å². The number of carboxylic acid groups (broad SMARTS) is 1.